The van der Waals surface area contributed by atoms with E-state index in [0.29, 0.717) is 11.5 Å². The van der Waals surface area contributed by atoms with Gasteiger partial charge in [0.2, 0.25) is 5.82 Å². The maximum atomic E-state index is 5.06. The van der Waals surface area contributed by atoms with E-state index < -0.39 is 0 Å². The molecular formula is C6H6N6O. The van der Waals surface area contributed by atoms with Gasteiger partial charge in [-0.2, -0.15) is 4.98 Å². The van der Waals surface area contributed by atoms with E-state index >= 15 is 0 Å². The summed E-state index contributed by atoms with van der Waals surface area (Å²) in [4.78, 5) is 11.7. The van der Waals surface area contributed by atoms with Gasteiger partial charge in [-0.15, -0.1) is 0 Å². The summed E-state index contributed by atoms with van der Waals surface area (Å²) in [6, 6.07) is 0.139. The Labute approximate surface area is 73.0 Å². The van der Waals surface area contributed by atoms with Crippen molar-refractivity contribution < 1.29 is 4.52 Å². The molecule has 2 heterocycles. The Balaban J connectivity index is 2.36. The normalized spacial score (nSPS) is 9.92. The van der Waals surface area contributed by atoms with Crippen LogP contribution in [-0.2, 0) is 0 Å². The van der Waals surface area contributed by atoms with Crippen LogP contribution in [0.25, 0.3) is 11.5 Å². The van der Waals surface area contributed by atoms with Gasteiger partial charge in [0.15, 0.2) is 0 Å². The highest BCUT2D eigenvalue weighted by atomic mass is 16.5. The minimum absolute atomic E-state index is 0.139. The fourth-order valence-electron chi connectivity index (χ4n) is 0.801. The van der Waals surface area contributed by atoms with Crippen molar-refractivity contribution >= 4 is 6.01 Å². The van der Waals surface area contributed by atoms with Gasteiger partial charge in [0.25, 0.3) is 0 Å². The molecule has 2 aromatic heterocycles. The minimum Gasteiger partial charge on any atom is -0.314 e. The average Bonchev–Trinajstić information content (AvgIpc) is 2.67. The van der Waals surface area contributed by atoms with Crippen LogP contribution in [0.1, 0.15) is 0 Å². The first kappa shape index (κ1) is 7.62. The number of anilines is 1. The molecule has 0 amide bonds. The molecule has 66 valence electrons. The third-order valence-electron chi connectivity index (χ3n) is 1.34. The van der Waals surface area contributed by atoms with Gasteiger partial charge in [-0.25, -0.2) is 10.8 Å². The van der Waals surface area contributed by atoms with Crippen LogP contribution in [0.3, 0.4) is 0 Å². The van der Waals surface area contributed by atoms with Crippen LogP contribution in [0.4, 0.5) is 6.01 Å². The molecule has 0 fully saturated rings. The van der Waals surface area contributed by atoms with Crippen molar-refractivity contribution in [3.8, 4) is 11.5 Å². The minimum atomic E-state index is 0.139. The molecule has 3 N–H and O–H groups in total. The van der Waals surface area contributed by atoms with Crippen molar-refractivity contribution in [3.63, 3.8) is 0 Å². The largest absolute Gasteiger partial charge is 0.335 e. The van der Waals surface area contributed by atoms with E-state index in [1.807, 2.05) is 0 Å². The van der Waals surface area contributed by atoms with Crippen LogP contribution in [-0.4, -0.2) is 20.1 Å². The van der Waals surface area contributed by atoms with Crippen LogP contribution in [0.5, 0.6) is 0 Å². The highest BCUT2D eigenvalue weighted by Gasteiger charge is 2.07. The van der Waals surface area contributed by atoms with Crippen molar-refractivity contribution in [2.24, 2.45) is 5.84 Å². The smallest absolute Gasteiger partial charge is 0.314 e. The lowest BCUT2D eigenvalue weighted by molar-refractivity contribution is 0.432. The Kier molecular flexibility index (Phi) is 1.85. The number of nitrogens with two attached hydrogens (primary N) is 1. The average molecular weight is 178 g/mol. The maximum Gasteiger partial charge on any atom is 0.335 e. The summed E-state index contributed by atoms with van der Waals surface area (Å²) in [6.07, 6.45) is 4.64. The van der Waals surface area contributed by atoms with Gasteiger partial charge in [-0.05, 0) is 0 Å². The van der Waals surface area contributed by atoms with Crippen LogP contribution < -0.4 is 11.3 Å². The second kappa shape index (κ2) is 3.15. The van der Waals surface area contributed by atoms with Gasteiger partial charge < -0.3 is 4.52 Å². The first-order valence-corrected chi connectivity index (χ1v) is 3.47. The molecular weight excluding hydrogens is 172 g/mol. The lowest BCUT2D eigenvalue weighted by Crippen LogP contribution is -2.06. The quantitative estimate of drug-likeness (QED) is 0.485. The molecule has 0 aliphatic carbocycles. The Morgan fingerprint density at radius 2 is 2.31 bits per heavy atom. The topological polar surface area (TPSA) is 103 Å². The number of nitrogens with one attached hydrogen (secondary N) is 1. The number of nitrogen functional groups attached to an aromatic ring is 1. The van der Waals surface area contributed by atoms with Crippen molar-refractivity contribution in [2.45, 2.75) is 0 Å². The van der Waals surface area contributed by atoms with Crippen LogP contribution >= 0.6 is 0 Å². The summed E-state index contributed by atoms with van der Waals surface area (Å²) in [5.41, 5.74) is 2.76. The van der Waals surface area contributed by atoms with Gasteiger partial charge in [-0.1, -0.05) is 5.16 Å². The molecule has 0 radical (unpaired) electrons. The molecule has 0 atom stereocenters. The molecule has 2 rings (SSSR count). The van der Waals surface area contributed by atoms with Crippen molar-refractivity contribution in [1.29, 1.82) is 0 Å². The predicted molar refractivity (Wildman–Crippen MR) is 43.1 cm³/mol. The van der Waals surface area contributed by atoms with Crippen LogP contribution in [0, 0.1) is 0 Å². The highest BCUT2D eigenvalue weighted by molar-refractivity contribution is 5.47. The summed E-state index contributed by atoms with van der Waals surface area (Å²) in [7, 11) is 0. The third kappa shape index (κ3) is 1.44. The van der Waals surface area contributed by atoms with Gasteiger partial charge in [0.05, 0.1) is 6.20 Å². The summed E-state index contributed by atoms with van der Waals surface area (Å²) in [5, 5.41) is 3.63. The molecule has 0 saturated carbocycles. The fraction of sp³-hybridized carbons (Fsp3) is 0. The van der Waals surface area contributed by atoms with E-state index in [1.54, 1.807) is 12.4 Å². The molecule has 0 aliphatic rings. The van der Waals surface area contributed by atoms with Crippen molar-refractivity contribution in [2.75, 3.05) is 5.43 Å². The lowest BCUT2D eigenvalue weighted by atomic mass is 10.4. The van der Waals surface area contributed by atoms with E-state index in [-0.39, 0.29) is 6.01 Å². The van der Waals surface area contributed by atoms with E-state index in [1.165, 1.54) is 6.20 Å². The maximum absolute atomic E-state index is 5.06. The number of hydrogen-bond acceptors (Lipinski definition) is 7. The summed E-state index contributed by atoms with van der Waals surface area (Å²) in [6.45, 7) is 0. The number of hydrazine groups is 1. The van der Waals surface area contributed by atoms with Gasteiger partial charge in [0.1, 0.15) is 5.69 Å². The molecule has 2 aromatic rings. The van der Waals surface area contributed by atoms with E-state index in [9.17, 15) is 0 Å². The first-order valence-electron chi connectivity index (χ1n) is 3.47. The monoisotopic (exact) mass is 178 g/mol. The van der Waals surface area contributed by atoms with E-state index in [0.717, 1.165) is 0 Å². The molecule has 0 spiro atoms. The standard InChI is InChI=1S/C6H6N6O/c7-11-6-10-5(12-13-6)4-3-8-1-2-9-4/h1-3H,7H2,(H,10,11,12). The second-order valence-electron chi connectivity index (χ2n) is 2.16. The molecule has 0 bridgehead atoms. The SMILES string of the molecule is NNc1nc(-c2cnccn2)no1. The summed E-state index contributed by atoms with van der Waals surface area (Å²) < 4.78 is 4.70. The highest BCUT2D eigenvalue weighted by Crippen LogP contribution is 2.12. The number of nitrogens with zero attached hydrogens (tertiary/aromatic N) is 4. The summed E-state index contributed by atoms with van der Waals surface area (Å²) in [5.74, 6) is 5.41. The Morgan fingerprint density at radius 1 is 1.38 bits per heavy atom. The molecule has 7 nitrogen and oxygen atoms in total. The Hall–Kier alpha value is -2.02. The van der Waals surface area contributed by atoms with Gasteiger partial charge in [-0.3, -0.25) is 10.4 Å². The number of aromatic nitrogens is 4. The van der Waals surface area contributed by atoms with Crippen molar-refractivity contribution in [1.82, 2.24) is 20.1 Å². The summed E-state index contributed by atoms with van der Waals surface area (Å²) >= 11 is 0. The Morgan fingerprint density at radius 3 is 2.92 bits per heavy atom. The second-order valence-corrected chi connectivity index (χ2v) is 2.16. The fourth-order valence-corrected chi connectivity index (χ4v) is 0.801. The predicted octanol–water partition coefficient (Wildman–Crippen LogP) is -0.188. The zero-order valence-corrected chi connectivity index (χ0v) is 6.51. The zero-order chi connectivity index (χ0) is 9.10. The molecule has 7 heteroatoms. The first-order chi connectivity index (χ1) is 6.40. The van der Waals surface area contributed by atoms with E-state index in [4.69, 9.17) is 10.4 Å². The third-order valence-corrected chi connectivity index (χ3v) is 1.34. The van der Waals surface area contributed by atoms with Crippen LogP contribution in [0.15, 0.2) is 23.1 Å². The molecule has 0 aromatic carbocycles. The number of hydrogen-bond donors (Lipinski definition) is 2. The van der Waals surface area contributed by atoms with Crippen LogP contribution in [0.2, 0.25) is 0 Å². The van der Waals surface area contributed by atoms with Crippen molar-refractivity contribution in [3.05, 3.63) is 18.6 Å². The lowest BCUT2D eigenvalue weighted by Gasteiger charge is -1.88. The van der Waals surface area contributed by atoms with Gasteiger partial charge in [0, 0.05) is 12.4 Å². The van der Waals surface area contributed by atoms with Gasteiger partial charge >= 0.3 is 6.01 Å². The molecule has 0 aliphatic heterocycles. The number of rotatable bonds is 2. The Bertz CT molecular complexity index is 385. The molecule has 0 unspecified atom stereocenters. The zero-order valence-electron chi connectivity index (χ0n) is 6.51. The molecule has 13 heavy (non-hydrogen) atoms. The van der Waals surface area contributed by atoms with E-state index in [2.05, 4.69) is 25.5 Å². The molecule has 0 saturated heterocycles.